The molecule has 4 nitrogen and oxygen atoms in total. The highest BCUT2D eigenvalue weighted by molar-refractivity contribution is 5.46. The molecule has 0 saturated heterocycles. The van der Waals surface area contributed by atoms with Gasteiger partial charge in [-0.15, -0.1) is 0 Å². The highest BCUT2D eigenvalue weighted by atomic mass is 16.7. The summed E-state index contributed by atoms with van der Waals surface area (Å²) in [6.07, 6.45) is 2.99. The Morgan fingerprint density at radius 1 is 1.28 bits per heavy atom. The van der Waals surface area contributed by atoms with Crippen LogP contribution in [0.4, 0.5) is 0 Å². The van der Waals surface area contributed by atoms with E-state index in [2.05, 4.69) is 13.8 Å². The fourth-order valence-corrected chi connectivity index (χ4v) is 2.12. The SMILES string of the molecule is CCCC(N)C(CC)Oc1ccc2c(c1)OCO2. The van der Waals surface area contributed by atoms with Crippen LogP contribution in [0.3, 0.4) is 0 Å². The van der Waals surface area contributed by atoms with Crippen molar-refractivity contribution in [1.29, 1.82) is 0 Å². The Hall–Kier alpha value is -1.42. The minimum atomic E-state index is 0.0466. The molecule has 0 amide bonds. The predicted molar refractivity (Wildman–Crippen MR) is 70.2 cm³/mol. The van der Waals surface area contributed by atoms with Crippen molar-refractivity contribution in [2.24, 2.45) is 5.73 Å². The Balaban J connectivity index is 2.03. The molecular weight excluding hydrogens is 230 g/mol. The topological polar surface area (TPSA) is 53.7 Å². The maximum absolute atomic E-state index is 6.12. The molecule has 0 radical (unpaired) electrons. The molecule has 2 atom stereocenters. The van der Waals surface area contributed by atoms with E-state index in [1.54, 1.807) is 0 Å². The molecule has 1 heterocycles. The molecule has 0 bridgehead atoms. The lowest BCUT2D eigenvalue weighted by molar-refractivity contribution is 0.160. The third-order valence-corrected chi connectivity index (χ3v) is 3.13. The summed E-state index contributed by atoms with van der Waals surface area (Å²) in [7, 11) is 0. The number of ether oxygens (including phenoxy) is 3. The van der Waals surface area contributed by atoms with E-state index in [0.717, 1.165) is 36.5 Å². The summed E-state index contributed by atoms with van der Waals surface area (Å²) in [6.45, 7) is 4.51. The molecule has 4 heteroatoms. The van der Waals surface area contributed by atoms with Crippen molar-refractivity contribution in [3.05, 3.63) is 18.2 Å². The lowest BCUT2D eigenvalue weighted by atomic mass is 10.0. The summed E-state index contributed by atoms with van der Waals surface area (Å²) in [4.78, 5) is 0. The Morgan fingerprint density at radius 3 is 2.78 bits per heavy atom. The molecule has 0 saturated carbocycles. The maximum atomic E-state index is 6.12. The quantitative estimate of drug-likeness (QED) is 0.844. The lowest BCUT2D eigenvalue weighted by Gasteiger charge is -2.23. The summed E-state index contributed by atoms with van der Waals surface area (Å²) in [5.41, 5.74) is 6.12. The van der Waals surface area contributed by atoms with E-state index in [4.69, 9.17) is 19.9 Å². The van der Waals surface area contributed by atoms with Gasteiger partial charge in [-0.05, 0) is 25.0 Å². The fourth-order valence-electron chi connectivity index (χ4n) is 2.12. The van der Waals surface area contributed by atoms with Crippen LogP contribution >= 0.6 is 0 Å². The predicted octanol–water partition coefficient (Wildman–Crippen LogP) is 2.70. The molecule has 2 unspecified atom stereocenters. The van der Waals surface area contributed by atoms with Crippen LogP contribution in [0.15, 0.2) is 18.2 Å². The van der Waals surface area contributed by atoms with Gasteiger partial charge in [0.15, 0.2) is 11.5 Å². The van der Waals surface area contributed by atoms with Crippen molar-refractivity contribution >= 4 is 0 Å². The Labute approximate surface area is 108 Å². The molecule has 2 N–H and O–H groups in total. The molecule has 0 fully saturated rings. The van der Waals surface area contributed by atoms with Gasteiger partial charge in [-0.2, -0.15) is 0 Å². The van der Waals surface area contributed by atoms with Crippen LogP contribution in [-0.2, 0) is 0 Å². The first-order chi connectivity index (χ1) is 8.74. The third kappa shape index (κ3) is 2.88. The molecule has 0 aliphatic carbocycles. The van der Waals surface area contributed by atoms with E-state index in [-0.39, 0.29) is 18.9 Å². The minimum absolute atomic E-state index is 0.0466. The molecule has 1 aromatic rings. The number of benzene rings is 1. The molecule has 0 aromatic heterocycles. The molecular formula is C14H21NO3. The normalized spacial score (nSPS) is 16.4. The van der Waals surface area contributed by atoms with Gasteiger partial charge >= 0.3 is 0 Å². The molecule has 100 valence electrons. The highest BCUT2D eigenvalue weighted by Crippen LogP contribution is 2.35. The molecule has 1 aromatic carbocycles. The third-order valence-electron chi connectivity index (χ3n) is 3.13. The van der Waals surface area contributed by atoms with Gasteiger partial charge in [0.25, 0.3) is 0 Å². The van der Waals surface area contributed by atoms with Crippen molar-refractivity contribution in [3.63, 3.8) is 0 Å². The summed E-state index contributed by atoms with van der Waals surface area (Å²) in [5.74, 6) is 2.30. The smallest absolute Gasteiger partial charge is 0.231 e. The summed E-state index contributed by atoms with van der Waals surface area (Å²) in [5, 5.41) is 0. The van der Waals surface area contributed by atoms with Crippen molar-refractivity contribution in [3.8, 4) is 17.2 Å². The van der Waals surface area contributed by atoms with Crippen molar-refractivity contribution in [1.82, 2.24) is 0 Å². The van der Waals surface area contributed by atoms with E-state index < -0.39 is 0 Å². The number of fused-ring (bicyclic) bond motifs is 1. The summed E-state index contributed by atoms with van der Waals surface area (Å²) < 4.78 is 16.5. The second-order valence-electron chi connectivity index (χ2n) is 4.53. The van der Waals surface area contributed by atoms with Gasteiger partial charge in [0.05, 0.1) is 0 Å². The standard InChI is InChI=1S/C14H21NO3/c1-3-5-11(15)12(4-2)18-10-6-7-13-14(8-10)17-9-16-13/h6-8,11-12H,3-5,9,15H2,1-2H3. The second-order valence-corrected chi connectivity index (χ2v) is 4.53. The van der Waals surface area contributed by atoms with Gasteiger partial charge in [0.1, 0.15) is 11.9 Å². The van der Waals surface area contributed by atoms with Gasteiger partial charge in [-0.25, -0.2) is 0 Å². The molecule has 0 spiro atoms. The van der Waals surface area contributed by atoms with Gasteiger partial charge in [-0.1, -0.05) is 20.3 Å². The highest BCUT2D eigenvalue weighted by Gasteiger charge is 2.19. The average molecular weight is 251 g/mol. The molecule has 18 heavy (non-hydrogen) atoms. The molecule has 2 rings (SSSR count). The van der Waals surface area contributed by atoms with Crippen LogP contribution in [0.25, 0.3) is 0 Å². The Bertz CT molecular complexity index is 395. The first kappa shape index (κ1) is 13.0. The largest absolute Gasteiger partial charge is 0.489 e. The summed E-state index contributed by atoms with van der Waals surface area (Å²) in [6, 6.07) is 5.71. The van der Waals surface area contributed by atoms with Crippen LogP contribution in [0.5, 0.6) is 17.2 Å². The van der Waals surface area contributed by atoms with E-state index in [0.29, 0.717) is 0 Å². The zero-order valence-corrected chi connectivity index (χ0v) is 11.0. The van der Waals surface area contributed by atoms with Crippen LogP contribution in [-0.4, -0.2) is 18.9 Å². The zero-order valence-electron chi connectivity index (χ0n) is 11.0. The van der Waals surface area contributed by atoms with E-state index in [9.17, 15) is 0 Å². The monoisotopic (exact) mass is 251 g/mol. The van der Waals surface area contributed by atoms with Crippen LogP contribution in [0.1, 0.15) is 33.1 Å². The molecule has 1 aliphatic heterocycles. The molecule has 1 aliphatic rings. The van der Waals surface area contributed by atoms with Gasteiger partial charge in [0, 0.05) is 12.1 Å². The van der Waals surface area contributed by atoms with E-state index in [1.165, 1.54) is 0 Å². The Morgan fingerprint density at radius 2 is 2.06 bits per heavy atom. The minimum Gasteiger partial charge on any atom is -0.489 e. The summed E-state index contributed by atoms with van der Waals surface area (Å²) >= 11 is 0. The average Bonchev–Trinajstić information content (AvgIpc) is 2.83. The van der Waals surface area contributed by atoms with Crippen LogP contribution in [0, 0.1) is 0 Å². The van der Waals surface area contributed by atoms with Gasteiger partial charge < -0.3 is 19.9 Å². The van der Waals surface area contributed by atoms with E-state index >= 15 is 0 Å². The van der Waals surface area contributed by atoms with Gasteiger partial charge in [0.2, 0.25) is 6.79 Å². The maximum Gasteiger partial charge on any atom is 0.231 e. The second kappa shape index (κ2) is 5.96. The number of rotatable bonds is 6. The number of hydrogen-bond acceptors (Lipinski definition) is 4. The number of nitrogens with two attached hydrogens (primary N) is 1. The lowest BCUT2D eigenvalue weighted by Crippen LogP contribution is -2.38. The van der Waals surface area contributed by atoms with E-state index in [1.807, 2.05) is 18.2 Å². The van der Waals surface area contributed by atoms with Crippen molar-refractivity contribution in [2.45, 2.75) is 45.3 Å². The zero-order chi connectivity index (χ0) is 13.0. The van der Waals surface area contributed by atoms with Crippen LogP contribution < -0.4 is 19.9 Å². The first-order valence-electron chi connectivity index (χ1n) is 6.56. The van der Waals surface area contributed by atoms with Crippen molar-refractivity contribution < 1.29 is 14.2 Å². The van der Waals surface area contributed by atoms with Crippen molar-refractivity contribution in [2.75, 3.05) is 6.79 Å². The van der Waals surface area contributed by atoms with Crippen LogP contribution in [0.2, 0.25) is 0 Å². The number of hydrogen-bond donors (Lipinski definition) is 1. The Kier molecular flexibility index (Phi) is 4.31. The van der Waals surface area contributed by atoms with Gasteiger partial charge in [-0.3, -0.25) is 0 Å². The fraction of sp³-hybridized carbons (Fsp3) is 0.571. The first-order valence-corrected chi connectivity index (χ1v) is 6.56.